The molecule has 1 fully saturated rings. The van der Waals surface area contributed by atoms with Crippen molar-refractivity contribution in [3.05, 3.63) is 35.4 Å². The Balaban J connectivity index is 1.99. The van der Waals surface area contributed by atoms with Crippen LogP contribution in [0.5, 0.6) is 0 Å². The highest BCUT2D eigenvalue weighted by Crippen LogP contribution is 2.28. The maximum absolute atomic E-state index is 12.1. The number of carbonyl (C=O) groups is 2. The zero-order valence-electron chi connectivity index (χ0n) is 9.00. The van der Waals surface area contributed by atoms with Crippen LogP contribution < -0.4 is 0 Å². The first-order valence-electron chi connectivity index (χ1n) is 5.43. The smallest absolute Gasteiger partial charge is 0.261 e. The molecule has 17 heavy (non-hydrogen) atoms. The van der Waals surface area contributed by atoms with Crippen LogP contribution in [0.2, 0.25) is 0 Å². The maximum Gasteiger partial charge on any atom is 0.261 e. The molecule has 1 aromatic carbocycles. The molecule has 5 heteroatoms. The fourth-order valence-electron chi connectivity index (χ4n) is 2.15. The number of hydrogen-bond donors (Lipinski definition) is 1. The number of amides is 2. The van der Waals surface area contributed by atoms with Crippen LogP contribution in [0, 0.1) is 0 Å². The first-order valence-corrected chi connectivity index (χ1v) is 5.43. The summed E-state index contributed by atoms with van der Waals surface area (Å²) in [6.45, 7) is 0.217. The average molecular weight is 233 g/mol. The minimum Gasteiger partial charge on any atom is -0.394 e. The molecule has 3 rings (SSSR count). The molecule has 88 valence electrons. The molecule has 0 saturated carbocycles. The van der Waals surface area contributed by atoms with Gasteiger partial charge in [-0.1, -0.05) is 12.1 Å². The molecular weight excluding hydrogens is 222 g/mol. The summed E-state index contributed by atoms with van der Waals surface area (Å²) in [6.07, 6.45) is -0.220. The minimum absolute atomic E-state index is 0.220. The molecule has 0 spiro atoms. The fourth-order valence-corrected chi connectivity index (χ4v) is 2.15. The Kier molecular flexibility index (Phi) is 2.24. The van der Waals surface area contributed by atoms with E-state index < -0.39 is 6.04 Å². The van der Waals surface area contributed by atoms with Gasteiger partial charge in [-0.15, -0.1) is 0 Å². The number of hydrogen-bond acceptors (Lipinski definition) is 4. The third-order valence-corrected chi connectivity index (χ3v) is 3.13. The number of benzene rings is 1. The lowest BCUT2D eigenvalue weighted by atomic mass is 10.1. The summed E-state index contributed by atoms with van der Waals surface area (Å²) in [5.74, 6) is -0.694. The van der Waals surface area contributed by atoms with Crippen molar-refractivity contribution in [1.82, 2.24) is 4.90 Å². The second-order valence-electron chi connectivity index (χ2n) is 4.15. The Labute approximate surface area is 97.6 Å². The monoisotopic (exact) mass is 233 g/mol. The molecule has 5 nitrogen and oxygen atoms in total. The van der Waals surface area contributed by atoms with E-state index in [4.69, 9.17) is 4.74 Å². The predicted molar refractivity (Wildman–Crippen MR) is 57.6 cm³/mol. The zero-order chi connectivity index (χ0) is 12.0. The van der Waals surface area contributed by atoms with Gasteiger partial charge in [-0.3, -0.25) is 14.5 Å². The van der Waals surface area contributed by atoms with E-state index in [1.807, 2.05) is 0 Å². The summed E-state index contributed by atoms with van der Waals surface area (Å²) >= 11 is 0. The van der Waals surface area contributed by atoms with Gasteiger partial charge in [0.25, 0.3) is 11.8 Å². The first kappa shape index (κ1) is 10.4. The second-order valence-corrected chi connectivity index (χ2v) is 4.15. The summed E-state index contributed by atoms with van der Waals surface area (Å²) in [5.41, 5.74) is 0.799. The largest absolute Gasteiger partial charge is 0.394 e. The van der Waals surface area contributed by atoms with Gasteiger partial charge in [-0.05, 0) is 12.1 Å². The van der Waals surface area contributed by atoms with Gasteiger partial charge in [-0.25, -0.2) is 0 Å². The van der Waals surface area contributed by atoms with E-state index in [1.165, 1.54) is 0 Å². The molecule has 0 radical (unpaired) electrons. The molecule has 0 aromatic heterocycles. The molecule has 2 aliphatic heterocycles. The second kappa shape index (κ2) is 3.65. The lowest BCUT2D eigenvalue weighted by Crippen LogP contribution is -2.45. The lowest BCUT2D eigenvalue weighted by Gasteiger charge is -2.22. The molecular formula is C12H11NO4. The number of aliphatic hydroxyl groups is 1. The molecule has 0 aliphatic carbocycles. The number of nitrogens with zero attached hydrogens (tertiary/aromatic N) is 1. The van der Waals surface area contributed by atoms with Gasteiger partial charge in [0.05, 0.1) is 30.4 Å². The number of carbonyl (C=O) groups excluding carboxylic acids is 2. The van der Waals surface area contributed by atoms with Gasteiger partial charge in [0, 0.05) is 0 Å². The third kappa shape index (κ3) is 1.47. The van der Waals surface area contributed by atoms with E-state index >= 15 is 0 Å². The van der Waals surface area contributed by atoms with Crippen molar-refractivity contribution in [2.75, 3.05) is 13.2 Å². The molecule has 2 amide bonds. The van der Waals surface area contributed by atoms with E-state index in [-0.39, 0.29) is 24.5 Å². The van der Waals surface area contributed by atoms with Crippen molar-refractivity contribution in [2.45, 2.75) is 12.1 Å². The minimum atomic E-state index is -0.567. The van der Waals surface area contributed by atoms with Crippen molar-refractivity contribution in [3.8, 4) is 0 Å². The molecule has 1 aromatic rings. The van der Waals surface area contributed by atoms with Gasteiger partial charge >= 0.3 is 0 Å². The van der Waals surface area contributed by atoms with Gasteiger partial charge < -0.3 is 9.84 Å². The highest BCUT2D eigenvalue weighted by atomic mass is 16.6. The Morgan fingerprint density at radius 3 is 2.24 bits per heavy atom. The molecule has 2 atom stereocenters. The van der Waals surface area contributed by atoms with E-state index in [0.717, 1.165) is 4.90 Å². The van der Waals surface area contributed by atoms with Crippen LogP contribution in [0.1, 0.15) is 20.7 Å². The van der Waals surface area contributed by atoms with Crippen LogP contribution in [0.4, 0.5) is 0 Å². The summed E-state index contributed by atoms with van der Waals surface area (Å²) in [7, 11) is 0. The third-order valence-electron chi connectivity index (χ3n) is 3.13. The summed E-state index contributed by atoms with van der Waals surface area (Å²) in [4.78, 5) is 25.3. The van der Waals surface area contributed by atoms with E-state index in [2.05, 4.69) is 0 Å². The van der Waals surface area contributed by atoms with Crippen LogP contribution in [0.15, 0.2) is 24.3 Å². The predicted octanol–water partition coefficient (Wildman–Crippen LogP) is 0.0423. The fraction of sp³-hybridized carbons (Fsp3) is 0.333. The van der Waals surface area contributed by atoms with Crippen molar-refractivity contribution in [2.24, 2.45) is 0 Å². The zero-order valence-corrected chi connectivity index (χ0v) is 9.00. The number of fused-ring (bicyclic) bond motifs is 1. The number of ether oxygens (including phenoxy) is 1. The van der Waals surface area contributed by atoms with Crippen LogP contribution in [-0.2, 0) is 4.74 Å². The lowest BCUT2D eigenvalue weighted by molar-refractivity contribution is 0.0475. The van der Waals surface area contributed by atoms with Crippen molar-refractivity contribution in [3.63, 3.8) is 0 Å². The maximum atomic E-state index is 12.1. The molecule has 2 unspecified atom stereocenters. The Morgan fingerprint density at radius 1 is 1.29 bits per heavy atom. The van der Waals surface area contributed by atoms with E-state index in [9.17, 15) is 14.7 Å². The summed E-state index contributed by atoms with van der Waals surface area (Å²) < 4.78 is 5.06. The van der Waals surface area contributed by atoms with Gasteiger partial charge in [-0.2, -0.15) is 0 Å². The SMILES string of the molecule is O=C1c2ccccc2C(=O)N1C(CO)C1CO1. The Bertz CT molecular complexity index is 460. The molecule has 2 aliphatic rings. The first-order chi connectivity index (χ1) is 8.24. The van der Waals surface area contributed by atoms with Crippen LogP contribution in [0.25, 0.3) is 0 Å². The van der Waals surface area contributed by atoms with E-state index in [0.29, 0.717) is 17.7 Å². The van der Waals surface area contributed by atoms with Crippen LogP contribution in [0.3, 0.4) is 0 Å². The topological polar surface area (TPSA) is 70.1 Å². The van der Waals surface area contributed by atoms with Crippen LogP contribution in [-0.4, -0.2) is 47.2 Å². The number of aliphatic hydroxyl groups excluding tert-OH is 1. The molecule has 1 saturated heterocycles. The van der Waals surface area contributed by atoms with Gasteiger partial charge in [0.1, 0.15) is 6.10 Å². The quantitative estimate of drug-likeness (QED) is 0.591. The van der Waals surface area contributed by atoms with E-state index in [1.54, 1.807) is 24.3 Å². The number of epoxide rings is 1. The van der Waals surface area contributed by atoms with Gasteiger partial charge in [0.2, 0.25) is 0 Å². The normalized spacial score (nSPS) is 23.8. The Morgan fingerprint density at radius 2 is 1.82 bits per heavy atom. The van der Waals surface area contributed by atoms with Crippen molar-refractivity contribution < 1.29 is 19.4 Å². The summed E-state index contributed by atoms with van der Waals surface area (Å²) in [5, 5.41) is 9.29. The summed E-state index contributed by atoms with van der Waals surface area (Å²) in [6, 6.07) is 6.11. The van der Waals surface area contributed by atoms with Crippen LogP contribution >= 0.6 is 0 Å². The molecule has 1 N–H and O–H groups in total. The number of imide groups is 1. The number of rotatable bonds is 3. The Hall–Kier alpha value is -1.72. The van der Waals surface area contributed by atoms with Gasteiger partial charge in [0.15, 0.2) is 0 Å². The van der Waals surface area contributed by atoms with Crippen molar-refractivity contribution >= 4 is 11.8 Å². The highest BCUT2D eigenvalue weighted by molar-refractivity contribution is 6.21. The molecule has 2 heterocycles. The highest BCUT2D eigenvalue weighted by Gasteiger charge is 2.46. The van der Waals surface area contributed by atoms with Crippen molar-refractivity contribution in [1.29, 1.82) is 0 Å². The standard InChI is InChI=1S/C12H11NO4/c14-5-9(10-6-17-10)13-11(15)7-3-1-2-4-8(7)12(13)16/h1-4,9-10,14H,5-6H2. The molecule has 0 bridgehead atoms. The average Bonchev–Trinajstić information content (AvgIpc) is 3.15.